The molecule has 1 aromatic carbocycles. The van der Waals surface area contributed by atoms with Crippen LogP contribution in [0.5, 0.6) is 0 Å². The molecule has 0 amide bonds. The van der Waals surface area contributed by atoms with Crippen LogP contribution in [0.4, 0.5) is 0 Å². The number of carbonyl (C=O) groups excluding carboxylic acids is 1. The van der Waals surface area contributed by atoms with E-state index in [0.29, 0.717) is 0 Å². The summed E-state index contributed by atoms with van der Waals surface area (Å²) < 4.78 is 31.6. The molecule has 0 unspecified atom stereocenters. The summed E-state index contributed by atoms with van der Waals surface area (Å²) in [5.74, 6) is 0.155. The normalized spacial score (nSPS) is 24.9. The standard InChI is InChI=1S/C24H33ClN3O9PS/c1-23(2,15-29)21(32)39-12-11-35-38(34,26-13-16-7-5-4-6-8-16)36-14-17-19(31)24(3,25)20(37-17)28-10-9-18(30)27-22(28)33/h4-10,17,19-20,29,31H,11-15H2,1-3H3,(H,26,34)(H,27,30,33)/t17-,19-,20-,24-,38-/m1/s1. The number of nitrogens with one attached hydrogen (secondary N) is 2. The van der Waals surface area contributed by atoms with E-state index < -0.39 is 54.3 Å². The molecular formula is C24H33ClN3O9PS. The molecule has 2 aromatic rings. The van der Waals surface area contributed by atoms with E-state index >= 15 is 0 Å². The van der Waals surface area contributed by atoms with Crippen molar-refractivity contribution in [2.45, 2.75) is 50.6 Å². The van der Waals surface area contributed by atoms with Crippen LogP contribution in [0.1, 0.15) is 32.6 Å². The minimum Gasteiger partial charge on any atom is -0.395 e. The van der Waals surface area contributed by atoms with Gasteiger partial charge in [-0.05, 0) is 26.3 Å². The highest BCUT2D eigenvalue weighted by molar-refractivity contribution is 8.13. The second-order valence-electron chi connectivity index (χ2n) is 9.77. The summed E-state index contributed by atoms with van der Waals surface area (Å²) in [6, 6.07) is 10.2. The Hall–Kier alpha value is -1.80. The van der Waals surface area contributed by atoms with Gasteiger partial charge in [-0.25, -0.2) is 14.4 Å². The molecule has 0 radical (unpaired) electrons. The second kappa shape index (κ2) is 13.2. The van der Waals surface area contributed by atoms with E-state index in [9.17, 15) is 29.2 Å². The van der Waals surface area contributed by atoms with Gasteiger partial charge in [-0.2, -0.15) is 0 Å². The molecule has 39 heavy (non-hydrogen) atoms. The van der Waals surface area contributed by atoms with Crippen LogP contribution in [-0.4, -0.2) is 67.5 Å². The highest BCUT2D eigenvalue weighted by Gasteiger charge is 2.54. The molecule has 0 aliphatic carbocycles. The van der Waals surface area contributed by atoms with Crippen molar-refractivity contribution in [3.05, 3.63) is 69.0 Å². The lowest BCUT2D eigenvalue weighted by atomic mass is 9.97. The van der Waals surface area contributed by atoms with E-state index in [1.54, 1.807) is 13.8 Å². The number of ether oxygens (including phenoxy) is 1. The Morgan fingerprint density at radius 1 is 1.28 bits per heavy atom. The van der Waals surface area contributed by atoms with E-state index in [1.807, 2.05) is 30.3 Å². The highest BCUT2D eigenvalue weighted by atomic mass is 35.5. The van der Waals surface area contributed by atoms with Crippen molar-refractivity contribution in [1.29, 1.82) is 0 Å². The number of hydrogen-bond donors (Lipinski definition) is 4. The number of carbonyl (C=O) groups is 1. The van der Waals surface area contributed by atoms with Crippen LogP contribution in [0, 0.1) is 5.41 Å². The number of nitrogens with zero attached hydrogens (tertiary/aromatic N) is 1. The first-order chi connectivity index (χ1) is 18.3. The van der Waals surface area contributed by atoms with Crippen molar-refractivity contribution in [3.8, 4) is 0 Å². The monoisotopic (exact) mass is 605 g/mol. The van der Waals surface area contributed by atoms with Gasteiger partial charge in [0.2, 0.25) is 0 Å². The molecule has 0 spiro atoms. The lowest BCUT2D eigenvalue weighted by molar-refractivity contribution is -0.119. The average molecular weight is 606 g/mol. The summed E-state index contributed by atoms with van der Waals surface area (Å²) in [5.41, 5.74) is -1.50. The van der Waals surface area contributed by atoms with Gasteiger partial charge in [0, 0.05) is 24.6 Å². The number of rotatable bonds is 13. The number of aliphatic hydroxyl groups excluding tert-OH is 2. The molecule has 2 heterocycles. The second-order valence-corrected chi connectivity index (χ2v) is 13.5. The van der Waals surface area contributed by atoms with E-state index in [2.05, 4.69) is 10.1 Å². The Balaban J connectivity index is 1.69. The van der Waals surface area contributed by atoms with Crippen LogP contribution in [0.25, 0.3) is 0 Å². The number of benzene rings is 1. The van der Waals surface area contributed by atoms with Gasteiger partial charge in [-0.1, -0.05) is 42.1 Å². The van der Waals surface area contributed by atoms with Crippen LogP contribution < -0.4 is 16.3 Å². The first-order valence-electron chi connectivity index (χ1n) is 12.1. The van der Waals surface area contributed by atoms with Crippen molar-refractivity contribution in [2.24, 2.45) is 5.41 Å². The first kappa shape index (κ1) is 31.7. The first-order valence-corrected chi connectivity index (χ1v) is 15.0. The van der Waals surface area contributed by atoms with E-state index in [-0.39, 0.29) is 30.6 Å². The van der Waals surface area contributed by atoms with Gasteiger partial charge in [0.25, 0.3) is 5.56 Å². The Kier molecular flexibility index (Phi) is 10.8. The number of aliphatic hydroxyl groups is 2. The summed E-state index contributed by atoms with van der Waals surface area (Å²) in [7, 11) is -4.00. The topological polar surface area (TPSA) is 169 Å². The molecule has 0 saturated carbocycles. The molecule has 1 aliphatic heterocycles. The minimum atomic E-state index is -4.00. The van der Waals surface area contributed by atoms with Gasteiger partial charge < -0.3 is 14.9 Å². The third kappa shape index (κ3) is 8.12. The van der Waals surface area contributed by atoms with Crippen molar-refractivity contribution < 1.29 is 33.4 Å². The fourth-order valence-electron chi connectivity index (χ4n) is 3.60. The Bertz CT molecular complexity index is 1290. The Morgan fingerprint density at radius 3 is 2.62 bits per heavy atom. The van der Waals surface area contributed by atoms with Gasteiger partial charge in [0.1, 0.15) is 17.1 Å². The van der Waals surface area contributed by atoms with E-state index in [0.717, 1.165) is 28.0 Å². The summed E-state index contributed by atoms with van der Waals surface area (Å²) in [6.45, 7) is 3.99. The predicted molar refractivity (Wildman–Crippen MR) is 147 cm³/mol. The van der Waals surface area contributed by atoms with Gasteiger partial charge in [0.05, 0.1) is 25.2 Å². The summed E-state index contributed by atoms with van der Waals surface area (Å²) in [5, 5.41) is 22.7. The fraction of sp³-hybridized carbons (Fsp3) is 0.542. The molecule has 3 rings (SSSR count). The quantitative estimate of drug-likeness (QED) is 0.150. The minimum absolute atomic E-state index is 0.117. The molecule has 1 aliphatic rings. The average Bonchev–Trinajstić information content (AvgIpc) is 3.13. The number of alkyl halides is 1. The number of aromatic nitrogens is 2. The highest BCUT2D eigenvalue weighted by Crippen LogP contribution is 2.47. The zero-order valence-corrected chi connectivity index (χ0v) is 24.2. The fourth-order valence-corrected chi connectivity index (χ4v) is 6.13. The molecule has 4 N–H and O–H groups in total. The van der Waals surface area contributed by atoms with Gasteiger partial charge in [0.15, 0.2) is 11.3 Å². The Labute approximate surface area is 234 Å². The molecule has 1 saturated heterocycles. The molecular weight excluding hydrogens is 573 g/mol. The lowest BCUT2D eigenvalue weighted by Gasteiger charge is -2.26. The molecule has 1 fully saturated rings. The van der Waals surface area contributed by atoms with Crippen LogP contribution in [0.2, 0.25) is 0 Å². The SMILES string of the molecule is CC(C)(CO)C(=O)SCCO[P@](=O)(NCc1ccccc1)OC[C@H]1O[C@@H](n2ccc(=O)[nH]c2=O)[C@](C)(Cl)[C@@H]1O. The third-order valence-corrected chi connectivity index (χ3v) is 9.23. The summed E-state index contributed by atoms with van der Waals surface area (Å²) in [4.78, 5) is 36.6. The third-order valence-electron chi connectivity index (χ3n) is 6.07. The molecule has 1 aromatic heterocycles. The number of aromatic amines is 1. The number of hydrogen-bond acceptors (Lipinski definition) is 10. The number of thioether (sulfide) groups is 1. The van der Waals surface area contributed by atoms with Gasteiger partial charge in [-0.3, -0.25) is 28.2 Å². The molecule has 5 atom stereocenters. The van der Waals surface area contributed by atoms with Gasteiger partial charge in [-0.15, -0.1) is 11.6 Å². The van der Waals surface area contributed by atoms with Crippen LogP contribution in [0.15, 0.2) is 52.2 Å². The van der Waals surface area contributed by atoms with Crippen molar-refractivity contribution in [3.63, 3.8) is 0 Å². The van der Waals surface area contributed by atoms with Crippen LogP contribution in [-0.2, 0) is 29.7 Å². The van der Waals surface area contributed by atoms with E-state index in [4.69, 9.17) is 25.4 Å². The van der Waals surface area contributed by atoms with Crippen LogP contribution in [0.3, 0.4) is 0 Å². The zero-order chi connectivity index (χ0) is 28.8. The van der Waals surface area contributed by atoms with Crippen molar-refractivity contribution in [1.82, 2.24) is 14.6 Å². The van der Waals surface area contributed by atoms with Crippen molar-refractivity contribution >= 4 is 36.2 Å². The zero-order valence-electron chi connectivity index (χ0n) is 21.7. The van der Waals surface area contributed by atoms with Crippen molar-refractivity contribution in [2.75, 3.05) is 25.6 Å². The summed E-state index contributed by atoms with van der Waals surface area (Å²) >= 11 is 7.49. The van der Waals surface area contributed by atoms with E-state index in [1.165, 1.54) is 13.1 Å². The summed E-state index contributed by atoms with van der Waals surface area (Å²) in [6.07, 6.45) is -2.41. The van der Waals surface area contributed by atoms with Gasteiger partial charge >= 0.3 is 13.4 Å². The smallest absolute Gasteiger partial charge is 0.395 e. The van der Waals surface area contributed by atoms with Crippen LogP contribution >= 0.6 is 31.1 Å². The lowest BCUT2D eigenvalue weighted by Crippen LogP contribution is -2.43. The Morgan fingerprint density at radius 2 is 1.97 bits per heavy atom. The maximum absolute atomic E-state index is 13.6. The largest absolute Gasteiger partial charge is 0.405 e. The number of halogens is 1. The maximum Gasteiger partial charge on any atom is 0.405 e. The number of H-pyrrole nitrogens is 1. The maximum atomic E-state index is 13.6. The molecule has 0 bridgehead atoms. The molecule has 15 heteroatoms. The predicted octanol–water partition coefficient (Wildman–Crippen LogP) is 2.00. The molecule has 12 nitrogen and oxygen atoms in total. The molecule has 216 valence electrons.